The van der Waals surface area contributed by atoms with Gasteiger partial charge in [0.15, 0.2) is 0 Å². The Morgan fingerprint density at radius 2 is 2.16 bits per heavy atom. The summed E-state index contributed by atoms with van der Waals surface area (Å²) < 4.78 is 6.20. The zero-order chi connectivity index (χ0) is 18.1. The van der Waals surface area contributed by atoms with Crippen molar-refractivity contribution in [1.82, 2.24) is 4.90 Å². The van der Waals surface area contributed by atoms with E-state index in [9.17, 15) is 14.9 Å². The molecule has 0 unspecified atom stereocenters. The van der Waals surface area contributed by atoms with E-state index >= 15 is 0 Å². The van der Waals surface area contributed by atoms with Crippen molar-refractivity contribution >= 4 is 57.6 Å². The number of likely N-dealkylation sites (N-methyl/N-ethyl adjacent to an activating group) is 1. The molecule has 0 N–H and O–H groups in total. The van der Waals surface area contributed by atoms with Crippen LogP contribution in [0.15, 0.2) is 39.7 Å². The number of thiocarbonyl (C=S) groups is 1. The van der Waals surface area contributed by atoms with E-state index < -0.39 is 4.92 Å². The average Bonchev–Trinajstić information content (AvgIpc) is 3.13. The Balaban J connectivity index is 1.90. The van der Waals surface area contributed by atoms with Crippen molar-refractivity contribution in [3.8, 4) is 11.3 Å². The average molecular weight is 395 g/mol. The van der Waals surface area contributed by atoms with Gasteiger partial charge in [0.1, 0.15) is 20.9 Å². The van der Waals surface area contributed by atoms with Gasteiger partial charge in [-0.2, -0.15) is 0 Å². The Morgan fingerprint density at radius 1 is 1.40 bits per heavy atom. The number of hydrogen-bond acceptors (Lipinski definition) is 6. The summed E-state index contributed by atoms with van der Waals surface area (Å²) in [4.78, 5) is 24.6. The minimum atomic E-state index is -0.550. The molecule has 2 heterocycles. The SMILES string of the molecule is CCN1C(=O)C(=Cc2ccc(-c3ccc(Cl)c([N+](=O)[O-])c3)o2)SC1=S. The molecule has 9 heteroatoms. The van der Waals surface area contributed by atoms with Gasteiger partial charge in [-0.05, 0) is 31.2 Å². The smallest absolute Gasteiger partial charge is 0.288 e. The van der Waals surface area contributed by atoms with Gasteiger partial charge in [-0.1, -0.05) is 35.6 Å². The van der Waals surface area contributed by atoms with Crippen LogP contribution >= 0.6 is 35.6 Å². The molecule has 25 heavy (non-hydrogen) atoms. The number of nitro benzene ring substituents is 1. The van der Waals surface area contributed by atoms with E-state index in [4.69, 9.17) is 28.2 Å². The van der Waals surface area contributed by atoms with Gasteiger partial charge in [0.05, 0.1) is 9.83 Å². The number of rotatable bonds is 4. The minimum absolute atomic E-state index is 0.0590. The zero-order valence-corrected chi connectivity index (χ0v) is 15.3. The molecule has 0 radical (unpaired) electrons. The van der Waals surface area contributed by atoms with Crippen LogP contribution in [0.25, 0.3) is 17.4 Å². The maximum Gasteiger partial charge on any atom is 0.288 e. The maximum absolute atomic E-state index is 12.2. The van der Waals surface area contributed by atoms with E-state index in [1.54, 1.807) is 24.3 Å². The fourth-order valence-electron chi connectivity index (χ4n) is 2.29. The van der Waals surface area contributed by atoms with Crippen molar-refractivity contribution in [2.24, 2.45) is 0 Å². The predicted molar refractivity (Wildman–Crippen MR) is 101 cm³/mol. The highest BCUT2D eigenvalue weighted by molar-refractivity contribution is 8.26. The number of benzene rings is 1. The molecule has 2 aromatic rings. The van der Waals surface area contributed by atoms with Crippen molar-refractivity contribution in [2.75, 3.05) is 6.54 Å². The molecule has 0 aliphatic carbocycles. The van der Waals surface area contributed by atoms with Crippen molar-refractivity contribution in [3.63, 3.8) is 0 Å². The van der Waals surface area contributed by atoms with Crippen LogP contribution in [0.5, 0.6) is 0 Å². The Labute approximate surface area is 157 Å². The molecule has 1 aliphatic heterocycles. The van der Waals surface area contributed by atoms with Crippen molar-refractivity contribution in [3.05, 3.63) is 56.1 Å². The van der Waals surface area contributed by atoms with Gasteiger partial charge in [0, 0.05) is 24.3 Å². The van der Waals surface area contributed by atoms with Crippen LogP contribution in [0.2, 0.25) is 5.02 Å². The van der Waals surface area contributed by atoms with Crippen LogP contribution in [0.1, 0.15) is 12.7 Å². The van der Waals surface area contributed by atoms with E-state index in [1.807, 2.05) is 6.92 Å². The van der Waals surface area contributed by atoms with Crippen LogP contribution in [-0.2, 0) is 4.79 Å². The summed E-state index contributed by atoms with van der Waals surface area (Å²) in [6, 6.07) is 7.80. The van der Waals surface area contributed by atoms with Gasteiger partial charge in [-0.15, -0.1) is 0 Å². The highest BCUT2D eigenvalue weighted by Gasteiger charge is 2.30. The number of amides is 1. The van der Waals surface area contributed by atoms with Gasteiger partial charge in [-0.25, -0.2) is 0 Å². The van der Waals surface area contributed by atoms with Crippen LogP contribution in [-0.4, -0.2) is 26.6 Å². The quantitative estimate of drug-likeness (QED) is 0.323. The highest BCUT2D eigenvalue weighted by atomic mass is 35.5. The maximum atomic E-state index is 12.2. The number of nitro groups is 1. The van der Waals surface area contributed by atoms with Crippen LogP contribution in [0.3, 0.4) is 0 Å². The van der Waals surface area contributed by atoms with Gasteiger partial charge >= 0.3 is 0 Å². The molecule has 1 aromatic heterocycles. The molecular formula is C16H11ClN2O4S2. The lowest BCUT2D eigenvalue weighted by molar-refractivity contribution is -0.384. The van der Waals surface area contributed by atoms with Crippen molar-refractivity contribution in [1.29, 1.82) is 0 Å². The molecule has 6 nitrogen and oxygen atoms in total. The molecule has 1 aliphatic rings. The summed E-state index contributed by atoms with van der Waals surface area (Å²) in [5, 5.41) is 11.0. The van der Waals surface area contributed by atoms with Crippen LogP contribution in [0.4, 0.5) is 5.69 Å². The first-order valence-electron chi connectivity index (χ1n) is 7.20. The third-order valence-electron chi connectivity index (χ3n) is 3.52. The van der Waals surface area contributed by atoms with E-state index in [0.29, 0.717) is 32.9 Å². The second-order valence-electron chi connectivity index (χ2n) is 5.05. The Morgan fingerprint density at radius 3 is 2.80 bits per heavy atom. The van der Waals surface area contributed by atoms with Crippen LogP contribution < -0.4 is 0 Å². The van der Waals surface area contributed by atoms with E-state index in [2.05, 4.69) is 0 Å². The Kier molecular flexibility index (Phi) is 4.94. The molecular weight excluding hydrogens is 384 g/mol. The molecule has 1 aromatic carbocycles. The zero-order valence-electron chi connectivity index (χ0n) is 12.9. The number of hydrogen-bond donors (Lipinski definition) is 0. The second-order valence-corrected chi connectivity index (χ2v) is 7.13. The monoisotopic (exact) mass is 394 g/mol. The van der Waals surface area contributed by atoms with E-state index in [1.165, 1.54) is 28.8 Å². The lowest BCUT2D eigenvalue weighted by Gasteiger charge is -2.09. The number of furan rings is 1. The summed E-state index contributed by atoms with van der Waals surface area (Å²) >= 11 is 12.2. The third kappa shape index (κ3) is 3.46. The normalized spacial score (nSPS) is 16.1. The lowest BCUT2D eigenvalue weighted by Crippen LogP contribution is -2.27. The van der Waals surface area contributed by atoms with Gasteiger partial charge in [0.25, 0.3) is 11.6 Å². The standard InChI is InChI=1S/C16H11ClN2O4S2/c1-2-18-15(20)14(25-16(18)24)8-10-4-6-13(23-10)9-3-5-11(17)12(7-9)19(21)22/h3-8H,2H2,1H3. The minimum Gasteiger partial charge on any atom is -0.457 e. The Bertz CT molecular complexity index is 923. The van der Waals surface area contributed by atoms with Crippen molar-refractivity contribution in [2.45, 2.75) is 6.92 Å². The molecule has 1 amide bonds. The summed E-state index contributed by atoms with van der Waals surface area (Å²) in [7, 11) is 0. The van der Waals surface area contributed by atoms with Gasteiger partial charge < -0.3 is 4.42 Å². The Hall–Kier alpha value is -2.16. The largest absolute Gasteiger partial charge is 0.457 e. The predicted octanol–water partition coefficient (Wildman–Crippen LogP) is 4.73. The summed E-state index contributed by atoms with van der Waals surface area (Å²) in [6.45, 7) is 2.37. The number of carbonyl (C=O) groups excluding carboxylic acids is 1. The number of thioether (sulfide) groups is 1. The third-order valence-corrected chi connectivity index (χ3v) is 5.21. The molecule has 1 saturated heterocycles. The van der Waals surface area contributed by atoms with Crippen molar-refractivity contribution < 1.29 is 14.1 Å². The van der Waals surface area contributed by atoms with Crippen LogP contribution in [0, 0.1) is 10.1 Å². The lowest BCUT2D eigenvalue weighted by atomic mass is 10.1. The summed E-state index contributed by atoms with van der Waals surface area (Å²) in [5.74, 6) is 0.749. The first-order chi connectivity index (χ1) is 11.9. The first kappa shape index (κ1) is 17.7. The van der Waals surface area contributed by atoms with Gasteiger partial charge in [-0.3, -0.25) is 19.8 Å². The number of carbonyl (C=O) groups is 1. The summed E-state index contributed by atoms with van der Waals surface area (Å²) in [6.07, 6.45) is 1.61. The molecule has 3 rings (SSSR count). The van der Waals surface area contributed by atoms with E-state index in [0.717, 1.165) is 0 Å². The molecule has 0 bridgehead atoms. The molecule has 0 saturated carbocycles. The molecule has 1 fully saturated rings. The summed E-state index contributed by atoms with van der Waals surface area (Å²) in [5.41, 5.74) is 0.331. The molecule has 0 spiro atoms. The fourth-order valence-corrected chi connectivity index (χ4v) is 3.84. The number of halogens is 1. The first-order valence-corrected chi connectivity index (χ1v) is 8.80. The topological polar surface area (TPSA) is 76.6 Å². The van der Waals surface area contributed by atoms with Gasteiger partial charge in [0.2, 0.25) is 0 Å². The highest BCUT2D eigenvalue weighted by Crippen LogP contribution is 2.34. The molecule has 128 valence electrons. The second kappa shape index (κ2) is 6.99. The molecule has 0 atom stereocenters. The fraction of sp³-hybridized carbons (Fsp3) is 0.125. The van der Waals surface area contributed by atoms with E-state index in [-0.39, 0.29) is 16.6 Å². The number of nitrogens with zero attached hydrogens (tertiary/aromatic N) is 2.